The second-order valence-electron chi connectivity index (χ2n) is 4.36. The first-order chi connectivity index (χ1) is 8.51. The van der Waals surface area contributed by atoms with Gasteiger partial charge in [-0.05, 0) is 25.7 Å². The Bertz CT molecular complexity index is 279. The zero-order chi connectivity index (χ0) is 13.6. The van der Waals surface area contributed by atoms with Crippen molar-refractivity contribution in [2.75, 3.05) is 13.1 Å². The summed E-state index contributed by atoms with van der Waals surface area (Å²) in [4.78, 5) is 18.0. The van der Waals surface area contributed by atoms with Crippen LogP contribution in [0, 0.1) is 0 Å². The fourth-order valence-corrected chi connectivity index (χ4v) is 4.86. The van der Waals surface area contributed by atoms with E-state index in [4.69, 9.17) is 18.6 Å². The van der Waals surface area contributed by atoms with Crippen molar-refractivity contribution in [2.45, 2.75) is 52.1 Å². The van der Waals surface area contributed by atoms with Gasteiger partial charge in [-0.25, -0.2) is 13.5 Å². The highest BCUT2D eigenvalue weighted by atomic mass is 31.3. The second-order valence-corrected chi connectivity index (χ2v) is 7.23. The minimum Gasteiger partial charge on any atom is -0.328 e. The maximum atomic E-state index is 12.7. The molecule has 2 N–H and O–H groups in total. The molecule has 1 aliphatic rings. The van der Waals surface area contributed by atoms with Crippen LogP contribution in [-0.4, -0.2) is 33.7 Å². The Kier molecular flexibility index (Phi) is 7.25. The standard InChI is InChI=1S/C10H23NO5P2/c1-3-10(4-2)15-18(14,16-17(12)13)11-8-6-5-7-9-11/h10,12-13H,3-9H2,1-2H3. The molecule has 0 aromatic heterocycles. The average molecular weight is 299 g/mol. The molecule has 1 fully saturated rings. The molecular formula is C10H23NO5P2. The second kappa shape index (κ2) is 7.91. The van der Waals surface area contributed by atoms with Crippen LogP contribution in [-0.2, 0) is 13.4 Å². The van der Waals surface area contributed by atoms with Crippen molar-refractivity contribution in [3.63, 3.8) is 0 Å². The van der Waals surface area contributed by atoms with Gasteiger partial charge in [0.2, 0.25) is 0 Å². The number of hydrogen-bond donors (Lipinski definition) is 2. The minimum absolute atomic E-state index is 0.187. The molecule has 0 aromatic rings. The van der Waals surface area contributed by atoms with Gasteiger partial charge in [0.25, 0.3) is 0 Å². The van der Waals surface area contributed by atoms with Crippen LogP contribution in [0.4, 0.5) is 0 Å². The minimum atomic E-state index is -3.58. The molecule has 0 saturated carbocycles. The topological polar surface area (TPSA) is 79.2 Å². The van der Waals surface area contributed by atoms with Crippen molar-refractivity contribution in [3.05, 3.63) is 0 Å². The Hall–Kier alpha value is 0.460. The predicted octanol–water partition coefficient (Wildman–Crippen LogP) is 3.01. The van der Waals surface area contributed by atoms with E-state index in [0.717, 1.165) is 19.3 Å². The summed E-state index contributed by atoms with van der Waals surface area (Å²) in [6.45, 7) is 5.10. The van der Waals surface area contributed by atoms with Crippen molar-refractivity contribution in [1.29, 1.82) is 0 Å². The van der Waals surface area contributed by atoms with Gasteiger partial charge in [0, 0.05) is 13.1 Å². The number of nitrogens with zero attached hydrogens (tertiary/aromatic N) is 1. The van der Waals surface area contributed by atoms with Crippen LogP contribution in [0.1, 0.15) is 46.0 Å². The normalized spacial score (nSPS) is 21.4. The van der Waals surface area contributed by atoms with E-state index in [2.05, 4.69) is 0 Å². The molecule has 0 radical (unpaired) electrons. The SMILES string of the molecule is CCC(CC)OP(=O)(OP(O)O)N1CCCCC1. The van der Waals surface area contributed by atoms with Gasteiger partial charge >= 0.3 is 16.3 Å². The van der Waals surface area contributed by atoms with Gasteiger partial charge < -0.3 is 9.79 Å². The van der Waals surface area contributed by atoms with Crippen molar-refractivity contribution in [1.82, 2.24) is 4.67 Å². The zero-order valence-corrected chi connectivity index (χ0v) is 12.8. The third kappa shape index (κ3) is 4.86. The summed E-state index contributed by atoms with van der Waals surface area (Å²) in [5.41, 5.74) is 0. The molecule has 108 valence electrons. The Labute approximate surface area is 110 Å². The molecule has 0 aliphatic carbocycles. The number of hydrogen-bond acceptors (Lipinski definition) is 5. The Morgan fingerprint density at radius 3 is 2.22 bits per heavy atom. The van der Waals surface area contributed by atoms with Crippen LogP contribution < -0.4 is 0 Å². The van der Waals surface area contributed by atoms with E-state index in [9.17, 15) is 4.57 Å². The smallest absolute Gasteiger partial charge is 0.328 e. The van der Waals surface area contributed by atoms with E-state index in [0.29, 0.717) is 25.9 Å². The van der Waals surface area contributed by atoms with Crippen molar-refractivity contribution in [3.8, 4) is 0 Å². The third-order valence-corrected chi connectivity index (χ3v) is 6.12. The van der Waals surface area contributed by atoms with E-state index in [1.807, 2.05) is 13.8 Å². The molecular weight excluding hydrogens is 276 g/mol. The molecule has 1 saturated heterocycles. The van der Waals surface area contributed by atoms with Crippen molar-refractivity contribution in [2.24, 2.45) is 0 Å². The largest absolute Gasteiger partial charge is 0.415 e. The van der Waals surface area contributed by atoms with Crippen LogP contribution in [0.5, 0.6) is 0 Å². The van der Waals surface area contributed by atoms with Crippen molar-refractivity contribution >= 4 is 16.3 Å². The fraction of sp³-hybridized carbons (Fsp3) is 1.00. The molecule has 18 heavy (non-hydrogen) atoms. The van der Waals surface area contributed by atoms with E-state index >= 15 is 0 Å². The van der Waals surface area contributed by atoms with Gasteiger partial charge in [0.15, 0.2) is 0 Å². The highest BCUT2D eigenvalue weighted by molar-refractivity contribution is 7.60. The van der Waals surface area contributed by atoms with Gasteiger partial charge in [-0.3, -0.25) is 4.52 Å². The zero-order valence-electron chi connectivity index (χ0n) is 11.0. The monoisotopic (exact) mass is 299 g/mol. The third-order valence-electron chi connectivity index (χ3n) is 3.05. The summed E-state index contributed by atoms with van der Waals surface area (Å²) in [6.07, 6.45) is 4.18. The van der Waals surface area contributed by atoms with Gasteiger partial charge in [0.05, 0.1) is 6.10 Å². The molecule has 1 atom stereocenters. The molecule has 6 nitrogen and oxygen atoms in total. The maximum Gasteiger partial charge on any atom is 0.415 e. The summed E-state index contributed by atoms with van der Waals surface area (Å²) >= 11 is 0. The predicted molar refractivity (Wildman–Crippen MR) is 70.9 cm³/mol. The Balaban J connectivity index is 2.76. The molecule has 1 aliphatic heterocycles. The summed E-state index contributed by atoms with van der Waals surface area (Å²) in [7, 11) is -6.26. The average Bonchev–Trinajstić information content (AvgIpc) is 2.36. The van der Waals surface area contributed by atoms with Gasteiger partial charge in [-0.1, -0.05) is 20.3 Å². The molecule has 0 aromatic carbocycles. The molecule has 1 unspecified atom stereocenters. The number of piperidine rings is 1. The molecule has 8 heteroatoms. The number of rotatable bonds is 7. The van der Waals surface area contributed by atoms with E-state index < -0.39 is 16.3 Å². The Morgan fingerprint density at radius 1 is 1.22 bits per heavy atom. The van der Waals surface area contributed by atoms with Crippen LogP contribution in [0.25, 0.3) is 0 Å². The van der Waals surface area contributed by atoms with E-state index in [-0.39, 0.29) is 6.10 Å². The maximum absolute atomic E-state index is 12.7. The van der Waals surface area contributed by atoms with Crippen molar-refractivity contribution < 1.29 is 23.2 Å². The molecule has 0 bridgehead atoms. The summed E-state index contributed by atoms with van der Waals surface area (Å²) in [5.74, 6) is 0. The van der Waals surface area contributed by atoms with Crippen LogP contribution in [0.3, 0.4) is 0 Å². The lowest BCUT2D eigenvalue weighted by atomic mass is 10.2. The molecule has 0 spiro atoms. The molecule has 1 rings (SSSR count). The summed E-state index contributed by atoms with van der Waals surface area (Å²) in [6, 6.07) is 0. The molecule has 0 amide bonds. The van der Waals surface area contributed by atoms with E-state index in [1.165, 1.54) is 0 Å². The van der Waals surface area contributed by atoms with E-state index in [1.54, 1.807) is 4.67 Å². The van der Waals surface area contributed by atoms with Crippen LogP contribution >= 0.6 is 16.3 Å². The highest BCUT2D eigenvalue weighted by Gasteiger charge is 2.39. The molecule has 1 heterocycles. The first kappa shape index (κ1) is 16.5. The fourth-order valence-electron chi connectivity index (χ4n) is 1.98. The van der Waals surface area contributed by atoms with Gasteiger partial charge in [0.1, 0.15) is 0 Å². The quantitative estimate of drug-likeness (QED) is 0.703. The summed E-state index contributed by atoms with van der Waals surface area (Å²) in [5, 5.41) is 0. The van der Waals surface area contributed by atoms with Crippen LogP contribution in [0.2, 0.25) is 0 Å². The lowest BCUT2D eigenvalue weighted by molar-refractivity contribution is 0.128. The lowest BCUT2D eigenvalue weighted by Gasteiger charge is -2.34. The first-order valence-corrected chi connectivity index (χ1v) is 9.09. The highest BCUT2D eigenvalue weighted by Crippen LogP contribution is 2.61. The summed E-state index contributed by atoms with van der Waals surface area (Å²) < 4.78 is 24.7. The Morgan fingerprint density at radius 2 is 1.78 bits per heavy atom. The van der Waals surface area contributed by atoms with Gasteiger partial charge in [-0.15, -0.1) is 0 Å². The lowest BCUT2D eigenvalue weighted by Crippen LogP contribution is -2.30. The van der Waals surface area contributed by atoms with Gasteiger partial charge in [-0.2, -0.15) is 0 Å². The first-order valence-electron chi connectivity index (χ1n) is 6.43. The van der Waals surface area contributed by atoms with Crippen LogP contribution in [0.15, 0.2) is 0 Å².